The van der Waals surface area contributed by atoms with E-state index in [1.807, 2.05) is 29.7 Å². The number of hydrogen-bond acceptors (Lipinski definition) is 6. The zero-order valence-electron chi connectivity index (χ0n) is 17.0. The normalized spacial score (nSPS) is 11.0. The largest absolute Gasteiger partial charge is 0.465 e. The molecule has 1 aromatic carbocycles. The maximum Gasteiger partial charge on any atom is 0.341 e. The molecule has 0 spiro atoms. The van der Waals surface area contributed by atoms with E-state index >= 15 is 0 Å². The Morgan fingerprint density at radius 1 is 1.30 bits per heavy atom. The molecule has 1 N–H and O–H groups in total. The molecule has 3 aromatic rings. The van der Waals surface area contributed by atoms with Gasteiger partial charge in [-0.1, -0.05) is 12.1 Å². The molecule has 1 amide bonds. The number of nitrogens with one attached hydrogen (secondary N) is 1. The van der Waals surface area contributed by atoms with Crippen LogP contribution in [-0.2, 0) is 22.6 Å². The van der Waals surface area contributed by atoms with Crippen LogP contribution in [0, 0.1) is 5.82 Å². The van der Waals surface area contributed by atoms with E-state index in [1.165, 1.54) is 30.6 Å². The predicted molar refractivity (Wildman–Crippen MR) is 114 cm³/mol. The van der Waals surface area contributed by atoms with Crippen molar-refractivity contribution in [2.45, 2.75) is 20.0 Å². The lowest BCUT2D eigenvalue weighted by Gasteiger charge is -2.15. The number of esters is 1. The molecule has 0 unspecified atom stereocenters. The third kappa shape index (κ3) is 5.11. The third-order valence-electron chi connectivity index (χ3n) is 4.47. The fourth-order valence-corrected chi connectivity index (χ4v) is 4.01. The summed E-state index contributed by atoms with van der Waals surface area (Å²) in [5.74, 6) is -1.18. The van der Waals surface area contributed by atoms with Gasteiger partial charge >= 0.3 is 5.97 Å². The molecule has 0 aliphatic heterocycles. The molecule has 7 nitrogen and oxygen atoms in total. The Labute approximate surface area is 178 Å². The molecule has 0 atom stereocenters. The van der Waals surface area contributed by atoms with Crippen molar-refractivity contribution in [2.24, 2.45) is 0 Å². The first kappa shape index (κ1) is 21.7. The van der Waals surface area contributed by atoms with E-state index in [4.69, 9.17) is 4.74 Å². The highest BCUT2D eigenvalue weighted by molar-refractivity contribution is 7.15. The van der Waals surface area contributed by atoms with Gasteiger partial charge in [-0.15, -0.1) is 11.3 Å². The summed E-state index contributed by atoms with van der Waals surface area (Å²) in [6.07, 6.45) is 3.72. The molecule has 0 aliphatic rings. The average Bonchev–Trinajstić information content (AvgIpc) is 3.34. The summed E-state index contributed by atoms with van der Waals surface area (Å²) in [5.41, 5.74) is 2.52. The first-order valence-corrected chi connectivity index (χ1v) is 10.2. The molecule has 0 saturated carbocycles. The van der Waals surface area contributed by atoms with Gasteiger partial charge in [0.2, 0.25) is 5.91 Å². The van der Waals surface area contributed by atoms with E-state index in [9.17, 15) is 14.0 Å². The lowest BCUT2D eigenvalue weighted by molar-refractivity contribution is -0.117. The Bertz CT molecular complexity index is 1030. The van der Waals surface area contributed by atoms with Crippen LogP contribution in [0.3, 0.4) is 0 Å². The quantitative estimate of drug-likeness (QED) is 0.553. The van der Waals surface area contributed by atoms with Crippen molar-refractivity contribution in [2.75, 3.05) is 26.0 Å². The number of rotatable bonds is 8. The Morgan fingerprint density at radius 2 is 2.03 bits per heavy atom. The van der Waals surface area contributed by atoms with Crippen LogP contribution in [0.5, 0.6) is 0 Å². The highest BCUT2D eigenvalue weighted by Crippen LogP contribution is 2.36. The monoisotopic (exact) mass is 430 g/mol. The fraction of sp³-hybridized carbons (Fsp3) is 0.286. The minimum Gasteiger partial charge on any atom is -0.465 e. The zero-order chi connectivity index (χ0) is 21.7. The summed E-state index contributed by atoms with van der Waals surface area (Å²) in [5, 5.41) is 9.18. The summed E-state index contributed by atoms with van der Waals surface area (Å²) in [6, 6.07) is 5.81. The lowest BCUT2D eigenvalue weighted by atomic mass is 10.0. The number of carbonyl (C=O) groups is 2. The van der Waals surface area contributed by atoms with Crippen LogP contribution in [0.2, 0.25) is 0 Å². The van der Waals surface area contributed by atoms with Crippen molar-refractivity contribution >= 4 is 28.2 Å². The summed E-state index contributed by atoms with van der Waals surface area (Å²) in [6.45, 7) is 3.51. The molecule has 0 saturated heterocycles. The van der Waals surface area contributed by atoms with Crippen molar-refractivity contribution < 1.29 is 18.7 Å². The second kappa shape index (κ2) is 9.64. The van der Waals surface area contributed by atoms with Gasteiger partial charge in [-0.2, -0.15) is 5.10 Å². The van der Waals surface area contributed by atoms with E-state index in [1.54, 1.807) is 23.7 Å². The average molecular weight is 431 g/mol. The van der Waals surface area contributed by atoms with Gasteiger partial charge in [-0.3, -0.25) is 14.4 Å². The van der Waals surface area contributed by atoms with Gasteiger partial charge in [0, 0.05) is 35.8 Å². The molecule has 30 heavy (non-hydrogen) atoms. The molecule has 3 rings (SSSR count). The van der Waals surface area contributed by atoms with E-state index < -0.39 is 5.97 Å². The third-order valence-corrected chi connectivity index (χ3v) is 5.36. The Hall–Kier alpha value is -3.04. The molecule has 2 aromatic heterocycles. The Morgan fingerprint density at radius 3 is 2.67 bits per heavy atom. The number of amides is 1. The van der Waals surface area contributed by atoms with E-state index in [2.05, 4.69) is 10.4 Å². The SMILES string of the molecule is CCn1cc(CN(C)CC(=O)Nc2scc(-c3ccc(F)cc3)c2C(=O)OC)cn1. The number of anilines is 1. The summed E-state index contributed by atoms with van der Waals surface area (Å²) in [4.78, 5) is 26.8. The van der Waals surface area contributed by atoms with Crippen LogP contribution in [-0.4, -0.2) is 47.3 Å². The Kier molecular flexibility index (Phi) is 6.96. The number of aromatic nitrogens is 2. The lowest BCUT2D eigenvalue weighted by Crippen LogP contribution is -2.30. The van der Waals surface area contributed by atoms with Gasteiger partial charge in [-0.25, -0.2) is 9.18 Å². The van der Waals surface area contributed by atoms with Gasteiger partial charge < -0.3 is 10.1 Å². The molecular weight excluding hydrogens is 407 g/mol. The molecule has 0 radical (unpaired) electrons. The van der Waals surface area contributed by atoms with E-state index in [0.29, 0.717) is 22.7 Å². The number of halogens is 1. The van der Waals surface area contributed by atoms with Crippen LogP contribution in [0.4, 0.5) is 9.39 Å². The smallest absolute Gasteiger partial charge is 0.341 e. The highest BCUT2D eigenvalue weighted by atomic mass is 32.1. The van der Waals surface area contributed by atoms with Crippen LogP contribution in [0.1, 0.15) is 22.8 Å². The topological polar surface area (TPSA) is 76.5 Å². The van der Waals surface area contributed by atoms with Crippen molar-refractivity contribution in [1.29, 1.82) is 0 Å². The van der Waals surface area contributed by atoms with Crippen molar-refractivity contribution in [3.8, 4) is 11.1 Å². The van der Waals surface area contributed by atoms with Gasteiger partial charge in [0.15, 0.2) is 0 Å². The molecule has 9 heteroatoms. The number of likely N-dealkylation sites (N-methyl/N-ethyl adjacent to an activating group) is 1. The minimum absolute atomic E-state index is 0.141. The number of hydrogen-bond donors (Lipinski definition) is 1. The maximum absolute atomic E-state index is 13.2. The first-order chi connectivity index (χ1) is 14.4. The number of benzene rings is 1. The van der Waals surface area contributed by atoms with Crippen LogP contribution in [0.15, 0.2) is 42.0 Å². The molecule has 158 valence electrons. The van der Waals surface area contributed by atoms with Crippen LogP contribution < -0.4 is 5.32 Å². The van der Waals surface area contributed by atoms with Gasteiger partial charge in [-0.05, 0) is 31.7 Å². The fourth-order valence-electron chi connectivity index (χ4n) is 3.04. The number of ether oxygens (including phenoxy) is 1. The molecule has 0 aliphatic carbocycles. The number of nitrogens with zero attached hydrogens (tertiary/aromatic N) is 3. The van der Waals surface area contributed by atoms with E-state index in [0.717, 1.165) is 12.1 Å². The minimum atomic E-state index is -0.564. The molecular formula is C21H23FN4O3S. The highest BCUT2D eigenvalue weighted by Gasteiger charge is 2.22. The zero-order valence-corrected chi connectivity index (χ0v) is 17.8. The summed E-state index contributed by atoms with van der Waals surface area (Å²) < 4.78 is 20.0. The van der Waals surface area contributed by atoms with Crippen molar-refractivity contribution in [3.63, 3.8) is 0 Å². The number of methoxy groups -OCH3 is 1. The summed E-state index contributed by atoms with van der Waals surface area (Å²) >= 11 is 1.23. The second-order valence-corrected chi connectivity index (χ2v) is 7.66. The number of aryl methyl sites for hydroxylation is 1. The van der Waals surface area contributed by atoms with Gasteiger partial charge in [0.05, 0.1) is 19.9 Å². The molecule has 0 bridgehead atoms. The van der Waals surface area contributed by atoms with Gasteiger partial charge in [0.25, 0.3) is 0 Å². The molecule has 0 fully saturated rings. The van der Waals surface area contributed by atoms with Crippen LogP contribution in [0.25, 0.3) is 11.1 Å². The van der Waals surface area contributed by atoms with E-state index in [-0.39, 0.29) is 23.8 Å². The number of carbonyl (C=O) groups excluding carboxylic acids is 2. The van der Waals surface area contributed by atoms with Crippen molar-refractivity contribution in [3.05, 3.63) is 59.0 Å². The summed E-state index contributed by atoms with van der Waals surface area (Å²) in [7, 11) is 3.12. The Balaban J connectivity index is 1.72. The molecule has 2 heterocycles. The maximum atomic E-state index is 13.2. The van der Waals surface area contributed by atoms with Crippen LogP contribution >= 0.6 is 11.3 Å². The van der Waals surface area contributed by atoms with Crippen molar-refractivity contribution in [1.82, 2.24) is 14.7 Å². The van der Waals surface area contributed by atoms with Gasteiger partial charge in [0.1, 0.15) is 16.4 Å². The first-order valence-electron chi connectivity index (χ1n) is 9.36. The predicted octanol–water partition coefficient (Wildman–Crippen LogP) is 3.63. The number of thiophene rings is 1. The standard InChI is InChI=1S/C21H23FN4O3S/c1-4-26-11-14(9-23-26)10-25(2)12-18(27)24-20-19(21(28)29-3)17(13-30-20)15-5-7-16(22)8-6-15/h5-9,11,13H,4,10,12H2,1-3H3,(H,24,27). The second-order valence-electron chi connectivity index (χ2n) is 6.78.